The first-order valence-electron chi connectivity index (χ1n) is 11.6. The number of fused-ring (bicyclic) bond motifs is 1. The molecule has 12 nitrogen and oxygen atoms in total. The van der Waals surface area contributed by atoms with Crippen molar-refractivity contribution < 1.29 is 22.6 Å². The second kappa shape index (κ2) is 10.7. The van der Waals surface area contributed by atoms with E-state index in [-0.39, 0.29) is 27.3 Å². The van der Waals surface area contributed by atoms with Crippen LogP contribution in [0.4, 0.5) is 5.82 Å². The fourth-order valence-corrected chi connectivity index (χ4v) is 5.01. The number of ether oxygens (including phenoxy) is 3. The van der Waals surface area contributed by atoms with E-state index in [2.05, 4.69) is 29.6 Å². The Hall–Kier alpha value is -4.49. The molecule has 0 bridgehead atoms. The Morgan fingerprint density at radius 2 is 1.67 bits per heavy atom. The molecular formula is C25H22ClN7O5S. The highest BCUT2D eigenvalue weighted by Crippen LogP contribution is 2.38. The van der Waals surface area contributed by atoms with Crippen LogP contribution in [0, 0.1) is 0 Å². The van der Waals surface area contributed by atoms with Crippen LogP contribution in [-0.4, -0.2) is 58.7 Å². The summed E-state index contributed by atoms with van der Waals surface area (Å²) < 4.78 is 46.8. The minimum Gasteiger partial charge on any atom is -0.494 e. The van der Waals surface area contributed by atoms with Gasteiger partial charge in [-0.2, -0.15) is 8.42 Å². The van der Waals surface area contributed by atoms with E-state index in [1.54, 1.807) is 53.1 Å². The van der Waals surface area contributed by atoms with Crippen LogP contribution in [0.25, 0.3) is 28.5 Å². The fraction of sp³-hybridized carbons (Fsp3) is 0.160. The van der Waals surface area contributed by atoms with E-state index in [1.165, 1.54) is 26.5 Å². The molecule has 5 aromatic rings. The molecule has 4 heterocycles. The van der Waals surface area contributed by atoms with Gasteiger partial charge in [0, 0.05) is 12.3 Å². The average Bonchev–Trinajstić information content (AvgIpc) is 3.31. The summed E-state index contributed by atoms with van der Waals surface area (Å²) in [4.78, 5) is 22.0. The van der Waals surface area contributed by atoms with Gasteiger partial charge in [-0.05, 0) is 37.3 Å². The Labute approximate surface area is 228 Å². The first kappa shape index (κ1) is 26.1. The van der Waals surface area contributed by atoms with Crippen LogP contribution in [0.3, 0.4) is 0 Å². The van der Waals surface area contributed by atoms with Crippen LogP contribution >= 0.6 is 11.6 Å². The summed E-state index contributed by atoms with van der Waals surface area (Å²) >= 11 is 6.38. The summed E-state index contributed by atoms with van der Waals surface area (Å²) in [6.07, 6.45) is 1.36. The highest BCUT2D eigenvalue weighted by Gasteiger charge is 2.26. The Morgan fingerprint density at radius 1 is 0.923 bits per heavy atom. The van der Waals surface area contributed by atoms with Gasteiger partial charge in [0.05, 0.1) is 20.8 Å². The number of pyridine rings is 2. The van der Waals surface area contributed by atoms with Gasteiger partial charge in [0.1, 0.15) is 22.9 Å². The van der Waals surface area contributed by atoms with Gasteiger partial charge in [0.25, 0.3) is 10.0 Å². The highest BCUT2D eigenvalue weighted by molar-refractivity contribution is 7.92. The second-order valence-corrected chi connectivity index (χ2v) is 9.85. The van der Waals surface area contributed by atoms with E-state index >= 15 is 0 Å². The van der Waals surface area contributed by atoms with E-state index in [1.807, 2.05) is 6.92 Å². The lowest BCUT2D eigenvalue weighted by Crippen LogP contribution is -2.16. The second-order valence-electron chi connectivity index (χ2n) is 7.86. The average molecular weight is 568 g/mol. The molecule has 4 aromatic heterocycles. The molecule has 0 saturated carbocycles. The molecule has 0 aliphatic carbocycles. The molecule has 0 amide bonds. The minimum absolute atomic E-state index is 0.132. The molecule has 14 heteroatoms. The van der Waals surface area contributed by atoms with Gasteiger partial charge in [0.2, 0.25) is 5.88 Å². The summed E-state index contributed by atoms with van der Waals surface area (Å²) in [5, 5.41) is -0.415. The monoisotopic (exact) mass is 567 g/mol. The fourth-order valence-electron chi connectivity index (χ4n) is 3.83. The van der Waals surface area contributed by atoms with Gasteiger partial charge in [-0.25, -0.2) is 24.9 Å². The van der Waals surface area contributed by atoms with Gasteiger partial charge in [0.15, 0.2) is 33.1 Å². The minimum atomic E-state index is -4.12. The Morgan fingerprint density at radius 3 is 2.33 bits per heavy atom. The lowest BCUT2D eigenvalue weighted by Gasteiger charge is -2.16. The number of nitrogens with one attached hydrogen (secondary N) is 1. The predicted octanol–water partition coefficient (Wildman–Crippen LogP) is 4.14. The van der Waals surface area contributed by atoms with E-state index in [4.69, 9.17) is 25.8 Å². The molecule has 1 N–H and O–H groups in total. The molecule has 200 valence electrons. The van der Waals surface area contributed by atoms with Crippen molar-refractivity contribution in [3.63, 3.8) is 0 Å². The molecule has 39 heavy (non-hydrogen) atoms. The number of nitrogens with zero attached hydrogens (tertiary/aromatic N) is 6. The molecular weight excluding hydrogens is 546 g/mol. The van der Waals surface area contributed by atoms with Crippen LogP contribution < -0.4 is 18.9 Å². The number of para-hydroxylation sites is 1. The van der Waals surface area contributed by atoms with Crippen molar-refractivity contribution in [1.29, 1.82) is 0 Å². The summed E-state index contributed by atoms with van der Waals surface area (Å²) in [5.41, 5.74) is 1.17. The number of imidazole rings is 1. The summed E-state index contributed by atoms with van der Waals surface area (Å²) in [7, 11) is -1.09. The van der Waals surface area contributed by atoms with Gasteiger partial charge < -0.3 is 14.2 Å². The Bertz CT molecular complexity index is 1740. The van der Waals surface area contributed by atoms with Gasteiger partial charge in [-0.3, -0.25) is 9.29 Å². The summed E-state index contributed by atoms with van der Waals surface area (Å²) in [6.45, 7) is 2.28. The van der Waals surface area contributed by atoms with Gasteiger partial charge in [-0.15, -0.1) is 0 Å². The Balaban J connectivity index is 1.78. The number of anilines is 1. The maximum atomic E-state index is 13.0. The van der Waals surface area contributed by atoms with Gasteiger partial charge >= 0.3 is 0 Å². The quantitative estimate of drug-likeness (QED) is 0.276. The highest BCUT2D eigenvalue weighted by atomic mass is 35.5. The van der Waals surface area contributed by atoms with Crippen LogP contribution in [0.1, 0.15) is 6.92 Å². The van der Waals surface area contributed by atoms with Gasteiger partial charge in [-0.1, -0.05) is 29.8 Å². The molecule has 0 spiro atoms. The lowest BCUT2D eigenvalue weighted by atomic mass is 10.2. The van der Waals surface area contributed by atoms with Crippen molar-refractivity contribution in [3.05, 3.63) is 65.9 Å². The van der Waals surface area contributed by atoms with Crippen LogP contribution in [0.5, 0.6) is 17.4 Å². The maximum Gasteiger partial charge on any atom is 0.280 e. The zero-order valence-electron chi connectivity index (χ0n) is 21.0. The largest absolute Gasteiger partial charge is 0.494 e. The third-order valence-corrected chi connectivity index (χ3v) is 6.98. The molecule has 0 radical (unpaired) electrons. The number of hydrogen-bond donors (Lipinski definition) is 1. The molecule has 1 aromatic carbocycles. The number of rotatable bonds is 9. The zero-order valence-corrected chi connectivity index (χ0v) is 22.6. The molecule has 0 saturated heterocycles. The number of halogens is 1. The molecule has 0 atom stereocenters. The van der Waals surface area contributed by atoms with Crippen molar-refractivity contribution in [3.8, 4) is 34.6 Å². The van der Waals surface area contributed by atoms with Crippen LogP contribution in [0.2, 0.25) is 5.15 Å². The number of sulfonamides is 1. The van der Waals surface area contributed by atoms with E-state index in [9.17, 15) is 8.42 Å². The number of benzene rings is 1. The summed E-state index contributed by atoms with van der Waals surface area (Å²) in [5.74, 6) is 1.36. The Kier molecular flexibility index (Phi) is 7.17. The van der Waals surface area contributed by atoms with Crippen LogP contribution in [-0.2, 0) is 10.0 Å². The van der Waals surface area contributed by atoms with Crippen molar-refractivity contribution in [2.24, 2.45) is 0 Å². The van der Waals surface area contributed by atoms with Crippen molar-refractivity contribution in [1.82, 2.24) is 29.5 Å². The van der Waals surface area contributed by atoms with E-state index < -0.39 is 10.0 Å². The molecule has 0 aliphatic rings. The van der Waals surface area contributed by atoms with E-state index in [0.717, 1.165) is 0 Å². The third kappa shape index (κ3) is 5.01. The molecule has 0 unspecified atom stereocenters. The standard InChI is InChI=1S/C25H22ClN7O5S/c1-4-38-18-12-7-9-15(28-18)24-31-23-25(33(24)20-16(36-2)10-8-11-17(20)37-3)30-22(21(26)29-23)32-39(34,35)19-13-5-6-14-27-19/h5-14H,4H2,1-3H3,(H,30,32). The maximum absolute atomic E-state index is 13.0. The molecule has 0 aliphatic heterocycles. The predicted molar refractivity (Wildman–Crippen MR) is 144 cm³/mol. The number of hydrogen-bond acceptors (Lipinski definition) is 10. The molecule has 0 fully saturated rings. The van der Waals surface area contributed by atoms with Crippen molar-refractivity contribution in [2.45, 2.75) is 11.9 Å². The first-order chi connectivity index (χ1) is 18.9. The summed E-state index contributed by atoms with van der Waals surface area (Å²) in [6, 6.07) is 15.0. The smallest absolute Gasteiger partial charge is 0.280 e. The SMILES string of the molecule is CCOc1cccc(-c2nc3nc(Cl)c(NS(=O)(=O)c4ccccn4)nc3n2-c2c(OC)cccc2OC)n1. The topological polar surface area (TPSA) is 143 Å². The van der Waals surface area contributed by atoms with E-state index in [0.29, 0.717) is 41.2 Å². The zero-order chi connectivity index (χ0) is 27.6. The third-order valence-electron chi connectivity index (χ3n) is 5.47. The lowest BCUT2D eigenvalue weighted by molar-refractivity contribution is 0.327. The first-order valence-corrected chi connectivity index (χ1v) is 13.4. The number of aromatic nitrogens is 6. The normalized spacial score (nSPS) is 11.4. The van der Waals surface area contributed by atoms with Crippen molar-refractivity contribution >= 4 is 38.7 Å². The number of methoxy groups -OCH3 is 2. The molecule has 5 rings (SSSR count). The van der Waals surface area contributed by atoms with Crippen LogP contribution in [0.15, 0.2) is 65.8 Å². The van der Waals surface area contributed by atoms with Crippen molar-refractivity contribution in [2.75, 3.05) is 25.5 Å².